The molecule has 2 aromatic rings. The monoisotopic (exact) mass is 385 g/mol. The van der Waals surface area contributed by atoms with Gasteiger partial charge in [-0.15, -0.1) is 0 Å². The van der Waals surface area contributed by atoms with Crippen LogP contribution in [0.15, 0.2) is 48.5 Å². The maximum atomic E-state index is 13.9. The number of carbonyl (C=O) groups is 2. The van der Waals surface area contributed by atoms with Crippen LogP contribution in [-0.2, 0) is 9.53 Å². The Kier molecular flexibility index (Phi) is 6.47. The highest BCUT2D eigenvalue weighted by Crippen LogP contribution is 2.20. The Labute approximate surface area is 163 Å². The second kappa shape index (κ2) is 9.21. The highest BCUT2D eigenvalue weighted by molar-refractivity contribution is 5.89. The van der Waals surface area contributed by atoms with E-state index in [-0.39, 0.29) is 17.7 Å². The summed E-state index contributed by atoms with van der Waals surface area (Å²) in [4.78, 5) is 27.6. The molecule has 1 N–H and O–H groups in total. The number of hydrogen-bond acceptors (Lipinski definition) is 5. The number of nitrogens with one attached hydrogen (secondary N) is 1. The fourth-order valence-electron chi connectivity index (χ4n) is 3.22. The molecule has 0 aromatic heterocycles. The van der Waals surface area contributed by atoms with Crippen molar-refractivity contribution >= 4 is 23.3 Å². The minimum atomic E-state index is -0.378. The van der Waals surface area contributed by atoms with Crippen molar-refractivity contribution in [3.05, 3.63) is 59.9 Å². The lowest BCUT2D eigenvalue weighted by molar-refractivity contribution is -0.131. The largest absolute Gasteiger partial charge is 0.465 e. The number of anilines is 2. The van der Waals surface area contributed by atoms with E-state index in [2.05, 4.69) is 10.1 Å². The lowest BCUT2D eigenvalue weighted by atomic mass is 10.2. The van der Waals surface area contributed by atoms with Gasteiger partial charge in [-0.1, -0.05) is 12.1 Å². The quantitative estimate of drug-likeness (QED) is 0.775. The average molecular weight is 385 g/mol. The number of hydrogen-bond donors (Lipinski definition) is 1. The first-order valence-electron chi connectivity index (χ1n) is 9.28. The van der Waals surface area contributed by atoms with Gasteiger partial charge in [-0.2, -0.15) is 0 Å². The van der Waals surface area contributed by atoms with Gasteiger partial charge in [-0.05, 0) is 36.4 Å². The molecular weight excluding hydrogens is 361 g/mol. The summed E-state index contributed by atoms with van der Waals surface area (Å²) in [5.41, 5.74) is 1.91. The Bertz CT molecular complexity index is 818. The third kappa shape index (κ3) is 4.79. The molecule has 0 spiro atoms. The van der Waals surface area contributed by atoms with E-state index in [1.807, 2.05) is 15.9 Å². The molecule has 1 heterocycles. The van der Waals surface area contributed by atoms with Crippen LogP contribution in [0.3, 0.4) is 0 Å². The van der Waals surface area contributed by atoms with Gasteiger partial charge in [0.15, 0.2) is 0 Å². The summed E-state index contributed by atoms with van der Waals surface area (Å²) in [6, 6.07) is 13.6. The number of nitrogens with zero attached hydrogens (tertiary/aromatic N) is 2. The molecular formula is C21H24FN3O3. The van der Waals surface area contributed by atoms with E-state index < -0.39 is 0 Å². The fourth-order valence-corrected chi connectivity index (χ4v) is 3.22. The van der Waals surface area contributed by atoms with E-state index in [1.54, 1.807) is 36.4 Å². The molecule has 2 aromatic carbocycles. The number of rotatable bonds is 6. The Morgan fingerprint density at radius 3 is 2.36 bits per heavy atom. The Hall–Kier alpha value is -3.09. The lowest BCUT2D eigenvalue weighted by Gasteiger charge is -2.36. The number of para-hydroxylation sites is 1. The number of methoxy groups -OCH3 is 1. The van der Waals surface area contributed by atoms with Gasteiger partial charge in [-0.3, -0.25) is 4.79 Å². The van der Waals surface area contributed by atoms with Crippen LogP contribution in [0.25, 0.3) is 0 Å². The third-order valence-electron chi connectivity index (χ3n) is 4.80. The molecule has 1 aliphatic heterocycles. The summed E-state index contributed by atoms with van der Waals surface area (Å²) >= 11 is 0. The molecule has 3 rings (SSSR count). The zero-order valence-electron chi connectivity index (χ0n) is 15.9. The lowest BCUT2D eigenvalue weighted by Crippen LogP contribution is -2.49. The third-order valence-corrected chi connectivity index (χ3v) is 4.80. The molecule has 148 valence electrons. The van der Waals surface area contributed by atoms with Gasteiger partial charge in [0.1, 0.15) is 5.82 Å². The first-order chi connectivity index (χ1) is 13.6. The second-order valence-corrected chi connectivity index (χ2v) is 6.56. The van der Waals surface area contributed by atoms with Crippen molar-refractivity contribution in [2.24, 2.45) is 0 Å². The van der Waals surface area contributed by atoms with Crippen LogP contribution in [0.2, 0.25) is 0 Å². The van der Waals surface area contributed by atoms with Crippen molar-refractivity contribution in [2.75, 3.05) is 50.1 Å². The first kappa shape index (κ1) is 19.7. The molecule has 0 atom stereocenters. The Morgan fingerprint density at radius 1 is 1.04 bits per heavy atom. The van der Waals surface area contributed by atoms with E-state index in [9.17, 15) is 14.0 Å². The molecule has 1 fully saturated rings. The van der Waals surface area contributed by atoms with Crippen molar-refractivity contribution in [1.29, 1.82) is 0 Å². The SMILES string of the molecule is COC(=O)c1ccc(NCCC(=O)N2CCN(c3ccccc3F)CC2)cc1. The number of ether oxygens (including phenoxy) is 1. The molecule has 7 heteroatoms. The maximum Gasteiger partial charge on any atom is 0.337 e. The number of esters is 1. The molecule has 0 saturated carbocycles. The highest BCUT2D eigenvalue weighted by Gasteiger charge is 2.22. The molecule has 1 aliphatic rings. The van der Waals surface area contributed by atoms with Crippen LogP contribution in [0.5, 0.6) is 0 Å². The van der Waals surface area contributed by atoms with Crippen molar-refractivity contribution in [3.63, 3.8) is 0 Å². The van der Waals surface area contributed by atoms with Crippen LogP contribution in [0.4, 0.5) is 15.8 Å². The Balaban J connectivity index is 1.42. The maximum absolute atomic E-state index is 13.9. The molecule has 28 heavy (non-hydrogen) atoms. The summed E-state index contributed by atoms with van der Waals surface area (Å²) in [6.45, 7) is 2.91. The van der Waals surface area contributed by atoms with E-state index in [0.717, 1.165) is 5.69 Å². The summed E-state index contributed by atoms with van der Waals surface area (Å²) < 4.78 is 18.6. The van der Waals surface area contributed by atoms with Gasteiger partial charge >= 0.3 is 5.97 Å². The summed E-state index contributed by atoms with van der Waals surface area (Å²) in [5.74, 6) is -0.534. The normalized spacial score (nSPS) is 13.9. The zero-order chi connectivity index (χ0) is 19.9. The van der Waals surface area contributed by atoms with E-state index in [0.29, 0.717) is 50.4 Å². The van der Waals surface area contributed by atoms with Crippen molar-refractivity contribution < 1.29 is 18.7 Å². The van der Waals surface area contributed by atoms with E-state index in [1.165, 1.54) is 13.2 Å². The van der Waals surface area contributed by atoms with Crippen molar-refractivity contribution in [3.8, 4) is 0 Å². The summed E-state index contributed by atoms with van der Waals surface area (Å²) in [7, 11) is 1.34. The highest BCUT2D eigenvalue weighted by atomic mass is 19.1. The average Bonchev–Trinajstić information content (AvgIpc) is 2.74. The molecule has 0 unspecified atom stereocenters. The number of carbonyl (C=O) groups excluding carboxylic acids is 2. The van der Waals surface area contributed by atoms with Gasteiger partial charge < -0.3 is 19.9 Å². The second-order valence-electron chi connectivity index (χ2n) is 6.56. The molecule has 0 aliphatic carbocycles. The van der Waals surface area contributed by atoms with E-state index in [4.69, 9.17) is 0 Å². The number of piperazine rings is 1. The summed E-state index contributed by atoms with van der Waals surface area (Å²) in [5, 5.41) is 3.18. The first-order valence-corrected chi connectivity index (χ1v) is 9.28. The van der Waals surface area contributed by atoms with E-state index >= 15 is 0 Å². The molecule has 1 amide bonds. The minimum Gasteiger partial charge on any atom is -0.465 e. The van der Waals surface area contributed by atoms with Crippen molar-refractivity contribution in [1.82, 2.24) is 4.90 Å². The van der Waals surface area contributed by atoms with Gasteiger partial charge in [0.25, 0.3) is 0 Å². The predicted molar refractivity (Wildman–Crippen MR) is 106 cm³/mol. The Morgan fingerprint density at radius 2 is 1.71 bits per heavy atom. The topological polar surface area (TPSA) is 61.9 Å². The minimum absolute atomic E-state index is 0.0758. The predicted octanol–water partition coefficient (Wildman–Crippen LogP) is 2.76. The van der Waals surface area contributed by atoms with Gasteiger partial charge in [0.05, 0.1) is 18.4 Å². The zero-order valence-corrected chi connectivity index (χ0v) is 15.9. The molecule has 6 nitrogen and oxygen atoms in total. The fraction of sp³-hybridized carbons (Fsp3) is 0.333. The van der Waals surface area contributed by atoms with Gasteiger partial charge in [-0.25, -0.2) is 9.18 Å². The number of amides is 1. The van der Waals surface area contributed by atoms with Crippen LogP contribution in [0, 0.1) is 5.82 Å². The van der Waals surface area contributed by atoms with Crippen LogP contribution in [0.1, 0.15) is 16.8 Å². The standard InChI is InChI=1S/C21H24FN3O3/c1-28-21(27)16-6-8-17(9-7-16)23-11-10-20(26)25-14-12-24(13-15-25)19-5-3-2-4-18(19)22/h2-9,23H,10-15H2,1H3. The number of benzene rings is 2. The van der Waals surface area contributed by atoms with Crippen LogP contribution in [-0.4, -0.2) is 56.6 Å². The summed E-state index contributed by atoms with van der Waals surface area (Å²) in [6.07, 6.45) is 0.373. The van der Waals surface area contributed by atoms with Gasteiger partial charge in [0.2, 0.25) is 5.91 Å². The molecule has 0 bridgehead atoms. The van der Waals surface area contributed by atoms with Crippen LogP contribution >= 0.6 is 0 Å². The van der Waals surface area contributed by atoms with Crippen LogP contribution < -0.4 is 10.2 Å². The number of halogens is 1. The van der Waals surface area contributed by atoms with Gasteiger partial charge in [0, 0.05) is 44.8 Å². The van der Waals surface area contributed by atoms with Crippen molar-refractivity contribution in [2.45, 2.75) is 6.42 Å². The molecule has 1 saturated heterocycles. The smallest absolute Gasteiger partial charge is 0.337 e. The molecule has 0 radical (unpaired) electrons.